The molecule has 1 atom stereocenters. The SMILES string of the molecule is CS(=O)(=O)O.CS(=O)(=O)O.NC[C@@H](C(=O)Nc1ccc2cnccc2c1)c1ccc(CO)cc1. The Morgan fingerprint density at radius 1 is 0.971 bits per heavy atom. The van der Waals surface area contributed by atoms with E-state index in [1.165, 1.54) is 0 Å². The lowest BCUT2D eigenvalue weighted by molar-refractivity contribution is -0.117. The number of benzene rings is 2. The molecule has 3 rings (SSSR count). The van der Waals surface area contributed by atoms with Crippen LogP contribution in [0.3, 0.4) is 0 Å². The van der Waals surface area contributed by atoms with Gasteiger partial charge in [-0.15, -0.1) is 0 Å². The first-order chi connectivity index (χ1) is 15.7. The van der Waals surface area contributed by atoms with Gasteiger partial charge in [0.15, 0.2) is 0 Å². The molecule has 3 aromatic rings. The van der Waals surface area contributed by atoms with Gasteiger partial charge >= 0.3 is 0 Å². The molecule has 0 bridgehead atoms. The Bertz CT molecular complexity index is 1250. The first-order valence-electron chi connectivity index (χ1n) is 9.60. The van der Waals surface area contributed by atoms with Crippen molar-refractivity contribution in [1.82, 2.24) is 4.98 Å². The molecule has 186 valence electrons. The molecule has 0 radical (unpaired) electrons. The van der Waals surface area contributed by atoms with E-state index in [4.69, 9.17) is 19.9 Å². The first-order valence-corrected chi connectivity index (χ1v) is 13.3. The van der Waals surface area contributed by atoms with Crippen LogP contribution in [0.4, 0.5) is 5.69 Å². The molecule has 0 saturated heterocycles. The Hall–Kier alpha value is -2.94. The van der Waals surface area contributed by atoms with Crippen LogP contribution >= 0.6 is 0 Å². The number of aromatic nitrogens is 1. The van der Waals surface area contributed by atoms with E-state index in [-0.39, 0.29) is 19.1 Å². The zero-order valence-corrected chi connectivity index (χ0v) is 20.1. The minimum Gasteiger partial charge on any atom is -0.392 e. The molecule has 0 unspecified atom stereocenters. The third kappa shape index (κ3) is 12.3. The summed E-state index contributed by atoms with van der Waals surface area (Å²) in [6, 6.07) is 14.8. The van der Waals surface area contributed by atoms with Gasteiger partial charge in [0.1, 0.15) is 0 Å². The van der Waals surface area contributed by atoms with Crippen LogP contribution in [0.25, 0.3) is 10.8 Å². The van der Waals surface area contributed by atoms with Crippen LogP contribution in [0.15, 0.2) is 60.9 Å². The van der Waals surface area contributed by atoms with E-state index in [0.29, 0.717) is 12.5 Å². The van der Waals surface area contributed by atoms with Gasteiger partial charge in [-0.2, -0.15) is 16.8 Å². The lowest BCUT2D eigenvalue weighted by atomic mass is 9.97. The molecule has 0 spiro atoms. The second-order valence-electron chi connectivity index (χ2n) is 7.08. The zero-order valence-electron chi connectivity index (χ0n) is 18.5. The number of amides is 1. The van der Waals surface area contributed by atoms with E-state index in [9.17, 15) is 21.6 Å². The smallest absolute Gasteiger partial charge is 0.261 e. The van der Waals surface area contributed by atoms with Crippen LogP contribution in [-0.2, 0) is 31.6 Å². The number of carbonyl (C=O) groups excluding carboxylic acids is 1. The van der Waals surface area contributed by atoms with Crippen molar-refractivity contribution in [2.75, 3.05) is 24.4 Å². The average Bonchev–Trinajstić information content (AvgIpc) is 2.72. The predicted molar refractivity (Wildman–Crippen MR) is 129 cm³/mol. The summed E-state index contributed by atoms with van der Waals surface area (Å²) >= 11 is 0. The Morgan fingerprint density at radius 3 is 2.03 bits per heavy atom. The summed E-state index contributed by atoms with van der Waals surface area (Å²) in [5.74, 6) is -0.589. The highest BCUT2D eigenvalue weighted by Crippen LogP contribution is 2.21. The number of aliphatic hydroxyl groups excluding tert-OH is 1. The van der Waals surface area contributed by atoms with Crippen LogP contribution < -0.4 is 11.1 Å². The van der Waals surface area contributed by atoms with E-state index in [1.807, 2.05) is 36.4 Å². The molecule has 1 amide bonds. The lowest BCUT2D eigenvalue weighted by Gasteiger charge is -2.16. The minimum atomic E-state index is -3.67. The number of fused-ring (bicyclic) bond motifs is 1. The van der Waals surface area contributed by atoms with Crippen molar-refractivity contribution < 1.29 is 35.8 Å². The maximum atomic E-state index is 12.6. The Labute approximate surface area is 198 Å². The summed E-state index contributed by atoms with van der Waals surface area (Å²) in [5.41, 5.74) is 8.16. The van der Waals surface area contributed by atoms with Crippen LogP contribution in [-0.4, -0.2) is 61.0 Å². The van der Waals surface area contributed by atoms with Crippen molar-refractivity contribution in [3.63, 3.8) is 0 Å². The predicted octanol–water partition coefficient (Wildman–Crippen LogP) is 1.42. The van der Waals surface area contributed by atoms with Crippen molar-refractivity contribution in [3.8, 4) is 0 Å². The first kappa shape index (κ1) is 29.1. The van der Waals surface area contributed by atoms with Gasteiger partial charge in [-0.25, -0.2) is 0 Å². The summed E-state index contributed by atoms with van der Waals surface area (Å²) in [7, 11) is -7.33. The largest absolute Gasteiger partial charge is 0.392 e. The number of aliphatic hydroxyl groups is 1. The van der Waals surface area contributed by atoms with Crippen molar-refractivity contribution >= 4 is 42.6 Å². The summed E-state index contributed by atoms with van der Waals surface area (Å²) in [6.45, 7) is 0.188. The second-order valence-corrected chi connectivity index (χ2v) is 10.0. The molecule has 0 saturated carbocycles. The number of nitrogens with two attached hydrogens (primary N) is 1. The molecule has 13 heteroatoms. The third-order valence-corrected chi connectivity index (χ3v) is 4.02. The van der Waals surface area contributed by atoms with Gasteiger partial charge in [-0.05, 0) is 34.7 Å². The van der Waals surface area contributed by atoms with Crippen LogP contribution in [0, 0.1) is 0 Å². The highest BCUT2D eigenvalue weighted by molar-refractivity contribution is 7.85. The van der Waals surface area contributed by atoms with Crippen molar-refractivity contribution in [2.45, 2.75) is 12.5 Å². The molecule has 0 aliphatic rings. The molecule has 11 nitrogen and oxygen atoms in total. The zero-order chi connectivity index (χ0) is 25.9. The summed E-state index contributed by atoms with van der Waals surface area (Å²) in [5, 5.41) is 14.1. The maximum Gasteiger partial charge on any atom is 0.261 e. The number of rotatable bonds is 5. The fourth-order valence-electron chi connectivity index (χ4n) is 2.64. The Balaban J connectivity index is 0.000000489. The number of pyridine rings is 1. The normalized spacial score (nSPS) is 11.9. The molecule has 1 heterocycles. The number of hydrogen-bond acceptors (Lipinski definition) is 8. The van der Waals surface area contributed by atoms with Gasteiger partial charge in [0, 0.05) is 30.0 Å². The fourth-order valence-corrected chi connectivity index (χ4v) is 2.64. The molecular formula is C21H27N3O8S2. The van der Waals surface area contributed by atoms with E-state index < -0.39 is 26.2 Å². The average molecular weight is 514 g/mol. The summed E-state index contributed by atoms with van der Waals surface area (Å²) in [6.07, 6.45) is 4.94. The number of carbonyl (C=O) groups is 1. The Kier molecular flexibility index (Phi) is 11.2. The molecule has 0 fully saturated rings. The maximum absolute atomic E-state index is 12.6. The number of nitrogens with zero attached hydrogens (tertiary/aromatic N) is 1. The fraction of sp³-hybridized carbons (Fsp3) is 0.238. The van der Waals surface area contributed by atoms with Crippen molar-refractivity contribution in [2.24, 2.45) is 5.73 Å². The van der Waals surface area contributed by atoms with Gasteiger partial charge in [0.25, 0.3) is 20.2 Å². The van der Waals surface area contributed by atoms with Crippen LogP contribution in [0.1, 0.15) is 17.0 Å². The topological polar surface area (TPSA) is 197 Å². The quantitative estimate of drug-likeness (QED) is 0.311. The molecule has 6 N–H and O–H groups in total. The molecule has 34 heavy (non-hydrogen) atoms. The second kappa shape index (κ2) is 13.1. The van der Waals surface area contributed by atoms with E-state index in [2.05, 4.69) is 10.3 Å². The molecule has 1 aromatic heterocycles. The number of hydrogen-bond donors (Lipinski definition) is 5. The highest BCUT2D eigenvalue weighted by atomic mass is 32.2. The Morgan fingerprint density at radius 2 is 1.53 bits per heavy atom. The van der Waals surface area contributed by atoms with Gasteiger partial charge < -0.3 is 16.2 Å². The lowest BCUT2D eigenvalue weighted by Crippen LogP contribution is -2.27. The summed E-state index contributed by atoms with van der Waals surface area (Å²) in [4.78, 5) is 16.7. The van der Waals surface area contributed by atoms with Crippen LogP contribution in [0.2, 0.25) is 0 Å². The van der Waals surface area contributed by atoms with Crippen LogP contribution in [0.5, 0.6) is 0 Å². The van der Waals surface area contributed by atoms with E-state index >= 15 is 0 Å². The molecular weight excluding hydrogens is 486 g/mol. The highest BCUT2D eigenvalue weighted by Gasteiger charge is 2.19. The van der Waals surface area contributed by atoms with Gasteiger partial charge in [0.05, 0.1) is 25.0 Å². The molecule has 0 aliphatic heterocycles. The third-order valence-electron chi connectivity index (χ3n) is 4.02. The monoisotopic (exact) mass is 513 g/mol. The summed E-state index contributed by atoms with van der Waals surface area (Å²) < 4.78 is 51.7. The van der Waals surface area contributed by atoms with Crippen molar-refractivity contribution in [3.05, 3.63) is 72.1 Å². The van der Waals surface area contributed by atoms with Gasteiger partial charge in [-0.1, -0.05) is 30.3 Å². The van der Waals surface area contributed by atoms with Crippen molar-refractivity contribution in [1.29, 1.82) is 0 Å². The van der Waals surface area contributed by atoms with E-state index in [1.54, 1.807) is 24.5 Å². The van der Waals surface area contributed by atoms with Gasteiger partial charge in [0.2, 0.25) is 5.91 Å². The molecule has 2 aromatic carbocycles. The standard InChI is InChI=1S/C19H19N3O2.2CH4O3S/c20-10-18(14-3-1-13(12-23)2-4-14)19(24)22-17-6-5-16-11-21-8-7-15(16)9-17;2*1-5(2,3)4/h1-9,11,18,23H,10,12,20H2,(H,22,24);2*1H3,(H,2,3,4)/t18-;;/m1../s1. The van der Waals surface area contributed by atoms with Gasteiger partial charge in [-0.3, -0.25) is 18.9 Å². The molecule has 0 aliphatic carbocycles. The number of anilines is 1. The van der Waals surface area contributed by atoms with E-state index in [0.717, 1.165) is 27.6 Å². The number of nitrogens with one attached hydrogen (secondary N) is 1. The minimum absolute atomic E-state index is 0.0221.